The van der Waals surface area contributed by atoms with Crippen molar-refractivity contribution >= 4 is 17.3 Å². The van der Waals surface area contributed by atoms with Crippen LogP contribution in [0.15, 0.2) is 18.2 Å². The second-order valence-electron chi connectivity index (χ2n) is 5.34. The molecule has 1 unspecified atom stereocenters. The summed E-state index contributed by atoms with van der Waals surface area (Å²) in [6.07, 6.45) is 0.138. The van der Waals surface area contributed by atoms with Crippen molar-refractivity contribution in [3.8, 4) is 6.07 Å². The Morgan fingerprint density at radius 1 is 1.50 bits per heavy atom. The zero-order valence-corrected chi connectivity index (χ0v) is 11.7. The van der Waals surface area contributed by atoms with Gasteiger partial charge in [-0.25, -0.2) is 0 Å². The molecule has 3 nitrogen and oxygen atoms in total. The number of hydrogen-bond donors (Lipinski definition) is 0. The second kappa shape index (κ2) is 4.79. The van der Waals surface area contributed by atoms with E-state index in [2.05, 4.69) is 24.8 Å². The van der Waals surface area contributed by atoms with Crippen LogP contribution in [0.4, 0.5) is 5.69 Å². The van der Waals surface area contributed by atoms with Gasteiger partial charge in [-0.2, -0.15) is 5.26 Å². The molecule has 18 heavy (non-hydrogen) atoms. The van der Waals surface area contributed by atoms with Gasteiger partial charge in [0, 0.05) is 18.1 Å². The molecule has 0 bridgehead atoms. The summed E-state index contributed by atoms with van der Waals surface area (Å²) in [7, 11) is 0. The smallest absolute Gasteiger partial charge is 0.101 e. The molecule has 1 fully saturated rings. The van der Waals surface area contributed by atoms with Crippen LogP contribution in [0.3, 0.4) is 0 Å². The van der Waals surface area contributed by atoms with Crippen molar-refractivity contribution in [3.05, 3.63) is 28.8 Å². The van der Waals surface area contributed by atoms with Crippen molar-refractivity contribution in [1.29, 1.82) is 5.26 Å². The Kier molecular flexibility index (Phi) is 3.52. The highest BCUT2D eigenvalue weighted by Crippen LogP contribution is 2.30. The number of anilines is 1. The first-order valence-electron chi connectivity index (χ1n) is 6.04. The first-order chi connectivity index (χ1) is 8.41. The summed E-state index contributed by atoms with van der Waals surface area (Å²) < 4.78 is 5.87. The van der Waals surface area contributed by atoms with Gasteiger partial charge in [-0.15, -0.1) is 0 Å². The van der Waals surface area contributed by atoms with E-state index in [9.17, 15) is 5.26 Å². The SMILES string of the molecule is CC1CN(c2cc(Cl)ccc2C#N)CC(C)(C)O1. The third-order valence-corrected chi connectivity index (χ3v) is 3.23. The van der Waals surface area contributed by atoms with Gasteiger partial charge in [0.25, 0.3) is 0 Å². The van der Waals surface area contributed by atoms with E-state index in [-0.39, 0.29) is 11.7 Å². The maximum absolute atomic E-state index is 9.18. The van der Waals surface area contributed by atoms with Gasteiger partial charge in [0.2, 0.25) is 0 Å². The van der Waals surface area contributed by atoms with Gasteiger partial charge in [0.15, 0.2) is 0 Å². The van der Waals surface area contributed by atoms with E-state index in [4.69, 9.17) is 16.3 Å². The third kappa shape index (κ3) is 2.77. The molecule has 1 aliphatic rings. The van der Waals surface area contributed by atoms with Crippen LogP contribution in [0.5, 0.6) is 0 Å². The number of ether oxygens (including phenoxy) is 1. The molecule has 0 spiro atoms. The van der Waals surface area contributed by atoms with Crippen LogP contribution in [0, 0.1) is 11.3 Å². The van der Waals surface area contributed by atoms with E-state index >= 15 is 0 Å². The molecular formula is C14H17ClN2O. The zero-order valence-electron chi connectivity index (χ0n) is 10.9. The fourth-order valence-corrected chi connectivity index (χ4v) is 2.66. The third-order valence-electron chi connectivity index (χ3n) is 2.99. The maximum Gasteiger partial charge on any atom is 0.101 e. The highest BCUT2D eigenvalue weighted by Gasteiger charge is 2.32. The molecule has 1 aromatic rings. The summed E-state index contributed by atoms with van der Waals surface area (Å²) in [6.45, 7) is 7.70. The quantitative estimate of drug-likeness (QED) is 0.781. The van der Waals surface area contributed by atoms with Crippen LogP contribution in [0.2, 0.25) is 5.02 Å². The summed E-state index contributed by atoms with van der Waals surface area (Å²) >= 11 is 6.03. The van der Waals surface area contributed by atoms with E-state index in [1.54, 1.807) is 12.1 Å². The molecule has 0 amide bonds. The predicted molar refractivity (Wildman–Crippen MR) is 73.0 cm³/mol. The predicted octanol–water partition coefficient (Wildman–Crippen LogP) is 3.22. The Hall–Kier alpha value is -1.24. The Balaban J connectivity index is 2.36. The number of morpholine rings is 1. The average molecular weight is 265 g/mol. The van der Waals surface area contributed by atoms with Gasteiger partial charge in [-0.3, -0.25) is 0 Å². The fraction of sp³-hybridized carbons (Fsp3) is 0.500. The number of nitriles is 1. The average Bonchev–Trinajstić information content (AvgIpc) is 2.26. The van der Waals surface area contributed by atoms with Crippen LogP contribution in [-0.2, 0) is 4.74 Å². The lowest BCUT2D eigenvalue weighted by Crippen LogP contribution is -2.52. The van der Waals surface area contributed by atoms with Crippen molar-refractivity contribution in [3.63, 3.8) is 0 Å². The van der Waals surface area contributed by atoms with Gasteiger partial charge in [-0.1, -0.05) is 11.6 Å². The Morgan fingerprint density at radius 2 is 2.22 bits per heavy atom. The van der Waals surface area contributed by atoms with E-state index in [1.807, 2.05) is 13.0 Å². The molecule has 1 saturated heterocycles. The summed E-state index contributed by atoms with van der Waals surface area (Å²) in [5.74, 6) is 0. The minimum atomic E-state index is -0.216. The van der Waals surface area contributed by atoms with E-state index < -0.39 is 0 Å². The number of hydrogen-bond acceptors (Lipinski definition) is 3. The standard InChI is InChI=1S/C14H17ClN2O/c1-10-8-17(9-14(2,3)18-10)13-6-12(15)5-4-11(13)7-16/h4-6,10H,8-9H2,1-3H3. The molecule has 4 heteroatoms. The van der Waals surface area contributed by atoms with Gasteiger partial charge in [-0.05, 0) is 39.0 Å². The Morgan fingerprint density at radius 3 is 2.83 bits per heavy atom. The number of halogens is 1. The number of benzene rings is 1. The molecule has 0 radical (unpaired) electrons. The second-order valence-corrected chi connectivity index (χ2v) is 5.78. The minimum Gasteiger partial charge on any atom is -0.369 e. The molecule has 2 rings (SSSR count). The van der Waals surface area contributed by atoms with Gasteiger partial charge >= 0.3 is 0 Å². The maximum atomic E-state index is 9.18. The molecule has 1 atom stereocenters. The van der Waals surface area contributed by atoms with Crippen LogP contribution in [0.25, 0.3) is 0 Å². The van der Waals surface area contributed by atoms with E-state index in [1.165, 1.54) is 0 Å². The van der Waals surface area contributed by atoms with Crippen molar-refractivity contribution in [1.82, 2.24) is 0 Å². The van der Waals surface area contributed by atoms with Crippen molar-refractivity contribution in [2.75, 3.05) is 18.0 Å². The van der Waals surface area contributed by atoms with E-state index in [0.717, 1.165) is 18.8 Å². The molecule has 1 aliphatic heterocycles. The summed E-state index contributed by atoms with van der Waals surface area (Å²) in [5, 5.41) is 9.84. The van der Waals surface area contributed by atoms with Crippen LogP contribution >= 0.6 is 11.6 Å². The number of rotatable bonds is 1. The monoisotopic (exact) mass is 264 g/mol. The first-order valence-corrected chi connectivity index (χ1v) is 6.41. The van der Waals surface area contributed by atoms with Crippen molar-refractivity contribution in [2.24, 2.45) is 0 Å². The first kappa shape index (κ1) is 13.2. The highest BCUT2D eigenvalue weighted by molar-refractivity contribution is 6.30. The Bertz CT molecular complexity index is 493. The number of nitrogens with zero attached hydrogens (tertiary/aromatic N) is 2. The molecule has 1 heterocycles. The molecule has 0 aromatic heterocycles. The Labute approximate surface area is 113 Å². The van der Waals surface area contributed by atoms with Gasteiger partial charge in [0.1, 0.15) is 6.07 Å². The van der Waals surface area contributed by atoms with Gasteiger partial charge < -0.3 is 9.64 Å². The van der Waals surface area contributed by atoms with Crippen LogP contribution in [0.1, 0.15) is 26.3 Å². The van der Waals surface area contributed by atoms with Crippen LogP contribution in [-0.4, -0.2) is 24.8 Å². The summed E-state index contributed by atoms with van der Waals surface area (Å²) in [5.41, 5.74) is 1.34. The molecule has 96 valence electrons. The van der Waals surface area contributed by atoms with Crippen molar-refractivity contribution in [2.45, 2.75) is 32.5 Å². The zero-order chi connectivity index (χ0) is 13.3. The normalized spacial score (nSPS) is 22.6. The largest absolute Gasteiger partial charge is 0.369 e. The lowest BCUT2D eigenvalue weighted by molar-refractivity contribution is -0.0749. The fourth-order valence-electron chi connectivity index (χ4n) is 2.50. The summed E-state index contributed by atoms with van der Waals surface area (Å²) in [4.78, 5) is 2.18. The van der Waals surface area contributed by atoms with E-state index in [0.29, 0.717) is 10.6 Å². The molecule has 0 saturated carbocycles. The molecular weight excluding hydrogens is 248 g/mol. The molecule has 0 aliphatic carbocycles. The lowest BCUT2D eigenvalue weighted by Gasteiger charge is -2.43. The molecule has 0 N–H and O–H groups in total. The highest BCUT2D eigenvalue weighted by atomic mass is 35.5. The summed E-state index contributed by atoms with van der Waals surface area (Å²) in [6, 6.07) is 7.59. The van der Waals surface area contributed by atoms with Crippen LogP contribution < -0.4 is 4.90 Å². The topological polar surface area (TPSA) is 36.3 Å². The van der Waals surface area contributed by atoms with Gasteiger partial charge in [0.05, 0.1) is 23.0 Å². The molecule has 1 aromatic carbocycles. The van der Waals surface area contributed by atoms with Crippen molar-refractivity contribution < 1.29 is 4.74 Å². The lowest BCUT2D eigenvalue weighted by atomic mass is 10.0. The minimum absolute atomic E-state index is 0.138.